The highest BCUT2D eigenvalue weighted by Gasteiger charge is 2.29. The largest absolute Gasteiger partial charge is 0.401 e. The third kappa shape index (κ3) is 4.28. The molecule has 2 aromatic carbocycles. The number of rotatable bonds is 5. The predicted molar refractivity (Wildman–Crippen MR) is 146 cm³/mol. The summed E-state index contributed by atoms with van der Waals surface area (Å²) in [6, 6.07) is 23.2. The van der Waals surface area contributed by atoms with Crippen molar-refractivity contribution in [2.45, 2.75) is 6.17 Å². The van der Waals surface area contributed by atoms with Crippen molar-refractivity contribution in [3.8, 4) is 11.6 Å². The predicted octanol–water partition coefficient (Wildman–Crippen LogP) is 3.45. The Morgan fingerprint density at radius 3 is 2.59 bits per heavy atom. The average molecular weight is 521 g/mol. The normalized spacial score (nSPS) is 17.3. The van der Waals surface area contributed by atoms with Crippen LogP contribution < -0.4 is 15.5 Å². The zero-order valence-electron chi connectivity index (χ0n) is 20.8. The highest BCUT2D eigenvalue weighted by Crippen LogP contribution is 2.32. The molecule has 1 saturated heterocycles. The van der Waals surface area contributed by atoms with Gasteiger partial charge in [-0.2, -0.15) is 0 Å². The molecule has 2 N–H and O–H groups in total. The van der Waals surface area contributed by atoms with Gasteiger partial charge in [0.2, 0.25) is 6.17 Å². The molecule has 1 fully saturated rings. The van der Waals surface area contributed by atoms with Gasteiger partial charge in [-0.1, -0.05) is 59.7 Å². The smallest absolute Gasteiger partial charge is 0.317 e. The maximum Gasteiger partial charge on any atom is 0.317 e. The number of fused-ring (bicyclic) bond motifs is 2. The van der Waals surface area contributed by atoms with Crippen LogP contribution in [0.3, 0.4) is 0 Å². The molecule has 0 radical (unpaired) electrons. The monoisotopic (exact) mass is 520 g/mol. The minimum absolute atomic E-state index is 0.0669. The number of anilines is 3. The fraction of sp³-hybridized carbons (Fsp3) is 0.179. The van der Waals surface area contributed by atoms with Crippen molar-refractivity contribution in [2.75, 3.05) is 41.8 Å². The Labute approximate surface area is 223 Å². The first-order chi connectivity index (χ1) is 19.2. The van der Waals surface area contributed by atoms with Crippen molar-refractivity contribution >= 4 is 34.8 Å². The fourth-order valence-electron chi connectivity index (χ4n) is 4.88. The van der Waals surface area contributed by atoms with E-state index in [1.807, 2.05) is 83.4 Å². The van der Waals surface area contributed by atoms with E-state index in [1.165, 1.54) is 0 Å². The van der Waals surface area contributed by atoms with Crippen molar-refractivity contribution in [1.29, 1.82) is 0 Å². The standard InChI is InChI=1S/C28H24N8O3/c37-25-24(31-22(18-8-2-1-3-9-18)19-10-4-5-11-20(19)29-25)32-28-34-33-26(39-28)23-27(35-14-16-38-17-15-35)36-13-7-6-12-21(36)30-23/h1-13,24H,14-17H2,(H,29,37)(H,32,34)/t24-/m1/s1. The van der Waals surface area contributed by atoms with Crippen LogP contribution in [0.4, 0.5) is 17.5 Å². The molecule has 194 valence electrons. The summed E-state index contributed by atoms with van der Waals surface area (Å²) < 4.78 is 13.6. The lowest BCUT2D eigenvalue weighted by Gasteiger charge is -2.28. The summed E-state index contributed by atoms with van der Waals surface area (Å²) in [6.45, 7) is 2.68. The number of benzene rings is 2. The number of imidazole rings is 1. The quantitative estimate of drug-likeness (QED) is 0.361. The van der Waals surface area contributed by atoms with Crippen LogP contribution in [0.1, 0.15) is 11.1 Å². The van der Waals surface area contributed by atoms with Gasteiger partial charge in [-0.3, -0.25) is 9.20 Å². The van der Waals surface area contributed by atoms with Crippen molar-refractivity contribution in [3.05, 3.63) is 90.1 Å². The minimum atomic E-state index is -0.999. The molecule has 2 aliphatic rings. The molecular formula is C28H24N8O3. The lowest BCUT2D eigenvalue weighted by atomic mass is 10.0. The summed E-state index contributed by atoms with van der Waals surface area (Å²) in [6.07, 6.45) is 0.958. The number of pyridine rings is 1. The van der Waals surface area contributed by atoms with Crippen LogP contribution in [0.15, 0.2) is 88.4 Å². The van der Waals surface area contributed by atoms with Crippen LogP contribution in [-0.4, -0.2) is 63.7 Å². The summed E-state index contributed by atoms with van der Waals surface area (Å²) >= 11 is 0. The van der Waals surface area contributed by atoms with Crippen LogP contribution in [-0.2, 0) is 9.53 Å². The highest BCUT2D eigenvalue weighted by atomic mass is 16.5. The topological polar surface area (TPSA) is 122 Å². The number of nitrogens with one attached hydrogen (secondary N) is 2. The third-order valence-corrected chi connectivity index (χ3v) is 6.70. The molecule has 0 spiro atoms. The van der Waals surface area contributed by atoms with Gasteiger partial charge in [0.1, 0.15) is 11.5 Å². The molecule has 5 heterocycles. The highest BCUT2D eigenvalue weighted by molar-refractivity contribution is 6.19. The Morgan fingerprint density at radius 2 is 1.72 bits per heavy atom. The lowest BCUT2D eigenvalue weighted by molar-refractivity contribution is -0.116. The first-order valence-electron chi connectivity index (χ1n) is 12.7. The number of nitrogens with zero attached hydrogens (tertiary/aromatic N) is 6. The van der Waals surface area contributed by atoms with E-state index in [4.69, 9.17) is 19.1 Å². The zero-order chi connectivity index (χ0) is 26.2. The average Bonchev–Trinajstić information content (AvgIpc) is 3.58. The molecule has 2 aliphatic heterocycles. The third-order valence-electron chi connectivity index (χ3n) is 6.70. The number of ether oxygens (including phenoxy) is 1. The molecule has 3 aromatic heterocycles. The zero-order valence-corrected chi connectivity index (χ0v) is 20.8. The van der Waals surface area contributed by atoms with E-state index < -0.39 is 6.17 Å². The maximum atomic E-state index is 13.2. The van der Waals surface area contributed by atoms with E-state index in [1.54, 1.807) is 0 Å². The van der Waals surface area contributed by atoms with Gasteiger partial charge in [-0.25, -0.2) is 9.98 Å². The number of carbonyl (C=O) groups excluding carboxylic acids is 1. The number of hydrogen-bond acceptors (Lipinski definition) is 9. The molecule has 11 heteroatoms. The number of aromatic nitrogens is 4. The Morgan fingerprint density at radius 1 is 0.923 bits per heavy atom. The van der Waals surface area contributed by atoms with Crippen molar-refractivity contribution in [2.24, 2.45) is 4.99 Å². The summed E-state index contributed by atoms with van der Waals surface area (Å²) in [5, 5.41) is 14.4. The number of aliphatic imine (C=N–C) groups is 1. The number of benzodiazepines with no additional fused rings is 1. The van der Waals surface area contributed by atoms with Crippen LogP contribution in [0.2, 0.25) is 0 Å². The minimum Gasteiger partial charge on any atom is -0.401 e. The van der Waals surface area contributed by atoms with Crippen LogP contribution in [0, 0.1) is 0 Å². The van der Waals surface area contributed by atoms with Gasteiger partial charge in [0.05, 0.1) is 24.6 Å². The maximum absolute atomic E-state index is 13.2. The van der Waals surface area contributed by atoms with Gasteiger partial charge in [-0.05, 0) is 18.2 Å². The van der Waals surface area contributed by atoms with E-state index in [0.717, 1.165) is 22.6 Å². The number of morpholine rings is 1. The summed E-state index contributed by atoms with van der Waals surface area (Å²) in [5.74, 6) is 0.762. The molecule has 11 nitrogen and oxygen atoms in total. The van der Waals surface area contributed by atoms with Crippen LogP contribution >= 0.6 is 0 Å². The van der Waals surface area contributed by atoms with E-state index in [9.17, 15) is 4.79 Å². The number of para-hydroxylation sites is 1. The molecule has 39 heavy (non-hydrogen) atoms. The SMILES string of the molecule is O=C1Nc2ccccc2C(c2ccccc2)=N[C@@H]1Nc1nnc(-c2nc3ccccn3c2N2CCOCC2)o1. The molecule has 0 bridgehead atoms. The van der Waals surface area contributed by atoms with E-state index in [-0.39, 0.29) is 17.8 Å². The Balaban J connectivity index is 1.24. The molecule has 1 amide bonds. The Kier molecular flexibility index (Phi) is 5.74. The van der Waals surface area contributed by atoms with Gasteiger partial charge < -0.3 is 24.7 Å². The van der Waals surface area contributed by atoms with E-state index >= 15 is 0 Å². The van der Waals surface area contributed by atoms with E-state index in [2.05, 4.69) is 25.7 Å². The van der Waals surface area contributed by atoms with Gasteiger partial charge in [0.25, 0.3) is 11.8 Å². The molecular weight excluding hydrogens is 496 g/mol. The van der Waals surface area contributed by atoms with Gasteiger partial charge in [0.15, 0.2) is 5.69 Å². The van der Waals surface area contributed by atoms with Crippen molar-refractivity contribution < 1.29 is 13.9 Å². The number of carbonyl (C=O) groups is 1. The molecule has 5 aromatic rings. The Hall–Kier alpha value is -5.03. The summed E-state index contributed by atoms with van der Waals surface area (Å²) in [4.78, 5) is 25.0. The van der Waals surface area contributed by atoms with Crippen LogP contribution in [0.5, 0.6) is 0 Å². The second kappa shape index (κ2) is 9.69. The molecule has 0 unspecified atom stereocenters. The first-order valence-corrected chi connectivity index (χ1v) is 12.7. The van der Waals surface area contributed by atoms with E-state index in [0.29, 0.717) is 43.4 Å². The molecule has 0 saturated carbocycles. The molecule has 1 atom stereocenters. The van der Waals surface area contributed by atoms with Crippen LogP contribution in [0.25, 0.3) is 17.2 Å². The number of amides is 1. The fourth-order valence-corrected chi connectivity index (χ4v) is 4.88. The first kappa shape index (κ1) is 23.1. The lowest BCUT2D eigenvalue weighted by Crippen LogP contribution is -2.37. The van der Waals surface area contributed by atoms with Crippen molar-refractivity contribution in [3.63, 3.8) is 0 Å². The summed E-state index contributed by atoms with van der Waals surface area (Å²) in [5.41, 5.74) is 4.40. The van der Waals surface area contributed by atoms with Gasteiger partial charge >= 0.3 is 6.01 Å². The van der Waals surface area contributed by atoms with Crippen molar-refractivity contribution in [1.82, 2.24) is 19.6 Å². The Bertz CT molecular complexity index is 1690. The molecule has 7 rings (SSSR count). The van der Waals surface area contributed by atoms with Gasteiger partial charge in [-0.15, -0.1) is 5.10 Å². The second-order valence-electron chi connectivity index (χ2n) is 9.15. The summed E-state index contributed by atoms with van der Waals surface area (Å²) in [7, 11) is 0. The second-order valence-corrected chi connectivity index (χ2v) is 9.15. The van der Waals surface area contributed by atoms with Gasteiger partial charge in [0, 0.05) is 30.4 Å². The number of hydrogen-bond donors (Lipinski definition) is 2. The molecule has 0 aliphatic carbocycles.